The molecule has 1 amide bonds. The normalized spacial score (nSPS) is 16.1. The average Bonchev–Trinajstić information content (AvgIpc) is 2.66. The van der Waals surface area contributed by atoms with Crippen molar-refractivity contribution in [3.05, 3.63) is 29.3 Å². The molecule has 1 aromatic rings. The molecule has 170 valence electrons. The molecule has 1 aliphatic rings. The van der Waals surface area contributed by atoms with Crippen molar-refractivity contribution in [2.75, 3.05) is 6.79 Å². The largest absolute Gasteiger partial charge is 0.547 e. The lowest BCUT2D eigenvalue weighted by atomic mass is 9.72. The summed E-state index contributed by atoms with van der Waals surface area (Å²) in [7, 11) is -1.78. The van der Waals surface area contributed by atoms with E-state index in [0.29, 0.717) is 0 Å². The van der Waals surface area contributed by atoms with Crippen LogP contribution in [0.3, 0.4) is 0 Å². The van der Waals surface area contributed by atoms with Crippen LogP contribution in [0.5, 0.6) is 5.75 Å². The van der Waals surface area contributed by atoms with Crippen LogP contribution < -0.4 is 9.97 Å². The third-order valence-corrected chi connectivity index (χ3v) is 4.19. The number of para-hydroxylation sites is 1. The summed E-state index contributed by atoms with van der Waals surface area (Å²) >= 11 is 0. The second kappa shape index (κ2) is 9.50. The van der Waals surface area contributed by atoms with Gasteiger partial charge in [0, 0.05) is 6.42 Å². The number of rotatable bonds is 7. The summed E-state index contributed by atoms with van der Waals surface area (Å²) in [6, 6.07) is 4.01. The first-order chi connectivity index (χ1) is 14.3. The summed E-state index contributed by atoms with van der Waals surface area (Å²) in [6.45, 7) is 0.0196. The van der Waals surface area contributed by atoms with E-state index in [9.17, 15) is 41.4 Å². The smallest absolute Gasteiger partial charge is 0.534 e. The molecule has 1 aromatic carbocycles. The van der Waals surface area contributed by atoms with Gasteiger partial charge in [0.25, 0.3) is 5.91 Å². The van der Waals surface area contributed by atoms with Gasteiger partial charge < -0.3 is 24.5 Å². The fraction of sp³-hybridized carbons (Fsp3) is 0.471. The van der Waals surface area contributed by atoms with Crippen molar-refractivity contribution in [2.45, 2.75) is 44.2 Å². The molecule has 0 aromatic heterocycles. The zero-order valence-electron chi connectivity index (χ0n) is 16.0. The molecule has 0 saturated heterocycles. The van der Waals surface area contributed by atoms with Crippen LogP contribution >= 0.6 is 0 Å². The molecular formula is C17H17BF5NO7. The second-order valence-corrected chi connectivity index (χ2v) is 6.50. The minimum absolute atomic E-state index is 0.163. The molecule has 8 nitrogen and oxygen atoms in total. The number of esters is 2. The molecule has 0 bridgehead atoms. The number of hydrogen-bond donors (Lipinski definition) is 2. The number of ether oxygens (including phenoxy) is 2. The Hall–Kier alpha value is -2.90. The van der Waals surface area contributed by atoms with E-state index in [2.05, 4.69) is 9.47 Å². The van der Waals surface area contributed by atoms with Crippen LogP contribution in [0.25, 0.3) is 0 Å². The van der Waals surface area contributed by atoms with Gasteiger partial charge in [0.1, 0.15) is 17.7 Å². The number of hydrogen-bond acceptors (Lipinski definition) is 7. The fourth-order valence-electron chi connectivity index (χ4n) is 2.58. The Morgan fingerprint density at radius 2 is 1.90 bits per heavy atom. The Kier molecular flexibility index (Phi) is 7.47. The van der Waals surface area contributed by atoms with Gasteiger partial charge in [-0.05, 0) is 18.1 Å². The first-order valence-electron chi connectivity index (χ1n) is 8.89. The predicted molar refractivity (Wildman–Crippen MR) is 93.0 cm³/mol. The van der Waals surface area contributed by atoms with Gasteiger partial charge in [-0.15, -0.1) is 0 Å². The van der Waals surface area contributed by atoms with Crippen LogP contribution in [0, 0.1) is 0 Å². The van der Waals surface area contributed by atoms with Crippen molar-refractivity contribution in [1.82, 2.24) is 5.32 Å². The minimum atomic E-state index is -4.78. The maximum atomic E-state index is 13.5. The lowest BCUT2D eigenvalue weighted by Crippen LogP contribution is -2.56. The monoisotopic (exact) mass is 453 g/mol. The SMILES string of the molecule is CCC(F)(F)C(=O)N[C@H]1Cc2cccc(C(=O)OCOC(=O)CC(F)(F)F)c2OB1O. The number of fused-ring (bicyclic) bond motifs is 1. The quantitative estimate of drug-likeness (QED) is 0.280. The zero-order valence-corrected chi connectivity index (χ0v) is 16.0. The molecule has 2 N–H and O–H groups in total. The Labute approximate surface area is 172 Å². The van der Waals surface area contributed by atoms with E-state index < -0.39 is 62.6 Å². The van der Waals surface area contributed by atoms with Crippen molar-refractivity contribution in [1.29, 1.82) is 0 Å². The molecule has 0 aliphatic carbocycles. The van der Waals surface area contributed by atoms with Crippen LogP contribution in [0.2, 0.25) is 0 Å². The molecule has 0 unspecified atom stereocenters. The molecule has 0 radical (unpaired) electrons. The number of nitrogens with one attached hydrogen (secondary N) is 1. The van der Waals surface area contributed by atoms with Crippen molar-refractivity contribution >= 4 is 25.0 Å². The number of carbonyl (C=O) groups excluding carboxylic acids is 3. The first-order valence-corrected chi connectivity index (χ1v) is 8.89. The van der Waals surface area contributed by atoms with Crippen LogP contribution in [0.4, 0.5) is 22.0 Å². The lowest BCUT2D eigenvalue weighted by molar-refractivity contribution is -0.177. The van der Waals surface area contributed by atoms with E-state index in [-0.39, 0.29) is 23.3 Å². The lowest BCUT2D eigenvalue weighted by Gasteiger charge is -2.30. The Balaban J connectivity index is 2.03. The highest BCUT2D eigenvalue weighted by Gasteiger charge is 2.43. The molecule has 0 saturated carbocycles. The molecule has 0 fully saturated rings. The highest BCUT2D eigenvalue weighted by Crippen LogP contribution is 2.31. The molecule has 1 atom stereocenters. The maximum absolute atomic E-state index is 13.5. The van der Waals surface area contributed by atoms with E-state index >= 15 is 0 Å². The number of carbonyl (C=O) groups is 3. The molecule has 2 rings (SSSR count). The van der Waals surface area contributed by atoms with Crippen molar-refractivity contribution in [3.63, 3.8) is 0 Å². The van der Waals surface area contributed by atoms with E-state index in [1.807, 2.05) is 5.32 Å². The van der Waals surface area contributed by atoms with Crippen molar-refractivity contribution in [3.8, 4) is 5.75 Å². The van der Waals surface area contributed by atoms with E-state index in [4.69, 9.17) is 4.65 Å². The topological polar surface area (TPSA) is 111 Å². The molecule has 14 heteroatoms. The van der Waals surface area contributed by atoms with Gasteiger partial charge in [-0.3, -0.25) is 9.59 Å². The summed E-state index contributed by atoms with van der Waals surface area (Å²) in [5.74, 6) is -9.42. The van der Waals surface area contributed by atoms with Gasteiger partial charge in [-0.25, -0.2) is 4.79 Å². The summed E-state index contributed by atoms with van der Waals surface area (Å²) < 4.78 is 77.0. The highest BCUT2D eigenvalue weighted by molar-refractivity contribution is 6.47. The van der Waals surface area contributed by atoms with Gasteiger partial charge in [0.05, 0.1) is 5.94 Å². The fourth-order valence-corrected chi connectivity index (χ4v) is 2.58. The Bertz CT molecular complexity index is 849. The van der Waals surface area contributed by atoms with Gasteiger partial charge in [-0.1, -0.05) is 19.1 Å². The molecular weight excluding hydrogens is 436 g/mol. The molecule has 1 aliphatic heterocycles. The molecule has 31 heavy (non-hydrogen) atoms. The van der Waals surface area contributed by atoms with Gasteiger partial charge >= 0.3 is 31.2 Å². The highest BCUT2D eigenvalue weighted by atomic mass is 19.4. The summed E-state index contributed by atoms with van der Waals surface area (Å²) in [6.07, 6.45) is -7.55. The third-order valence-electron chi connectivity index (χ3n) is 4.19. The number of alkyl halides is 5. The van der Waals surface area contributed by atoms with E-state index in [1.54, 1.807) is 0 Å². The van der Waals surface area contributed by atoms with E-state index in [0.717, 1.165) is 6.92 Å². The summed E-state index contributed by atoms with van der Waals surface area (Å²) in [5, 5.41) is 12.0. The molecule has 1 heterocycles. The third kappa shape index (κ3) is 6.54. The summed E-state index contributed by atoms with van der Waals surface area (Å²) in [4.78, 5) is 34.8. The standard InChI is InChI=1S/C17H17BF5NO7/c1-2-16(19,20)15(27)24-11-6-9-4-3-5-10(13(9)31-18(11)28)14(26)30-8-29-12(25)7-17(21,22)23/h3-5,11,28H,2,6-8H2,1H3,(H,24,27)/t11-/m0/s1. The number of benzene rings is 1. The number of amides is 1. The molecule has 0 spiro atoms. The zero-order chi connectivity index (χ0) is 23.4. The second-order valence-electron chi connectivity index (χ2n) is 6.50. The minimum Gasteiger partial charge on any atom is -0.534 e. The maximum Gasteiger partial charge on any atom is 0.547 e. The Morgan fingerprint density at radius 3 is 2.52 bits per heavy atom. The van der Waals surface area contributed by atoms with Crippen LogP contribution in [-0.2, 0) is 25.5 Å². The van der Waals surface area contributed by atoms with Crippen LogP contribution in [-0.4, -0.2) is 54.8 Å². The Morgan fingerprint density at radius 1 is 1.23 bits per heavy atom. The van der Waals surface area contributed by atoms with Crippen molar-refractivity contribution < 1.29 is 55.5 Å². The van der Waals surface area contributed by atoms with Gasteiger partial charge in [0.15, 0.2) is 0 Å². The van der Waals surface area contributed by atoms with Crippen molar-refractivity contribution in [2.24, 2.45) is 0 Å². The predicted octanol–water partition coefficient (Wildman–Crippen LogP) is 1.78. The van der Waals surface area contributed by atoms with Crippen LogP contribution in [0.1, 0.15) is 35.7 Å². The average molecular weight is 453 g/mol. The first kappa shape index (κ1) is 24.4. The van der Waals surface area contributed by atoms with Crippen LogP contribution in [0.15, 0.2) is 18.2 Å². The van der Waals surface area contributed by atoms with Gasteiger partial charge in [-0.2, -0.15) is 22.0 Å². The van der Waals surface area contributed by atoms with Gasteiger partial charge in [0.2, 0.25) is 6.79 Å². The van der Waals surface area contributed by atoms with E-state index in [1.165, 1.54) is 18.2 Å². The number of halogens is 5. The summed E-state index contributed by atoms with van der Waals surface area (Å²) in [5.41, 5.74) is 0.00557.